The van der Waals surface area contributed by atoms with Crippen molar-refractivity contribution in [3.63, 3.8) is 0 Å². The summed E-state index contributed by atoms with van der Waals surface area (Å²) in [6.07, 6.45) is 0. The highest BCUT2D eigenvalue weighted by molar-refractivity contribution is 6.31. The third-order valence-electron chi connectivity index (χ3n) is 3.39. The Hall–Kier alpha value is -2.99. The molecule has 0 radical (unpaired) electrons. The molecule has 0 fully saturated rings. The van der Waals surface area contributed by atoms with Crippen molar-refractivity contribution in [3.8, 4) is 5.75 Å². The van der Waals surface area contributed by atoms with Crippen LogP contribution in [0.1, 0.15) is 26.5 Å². The minimum absolute atomic E-state index is 0.0527. The molecule has 0 atom stereocenters. The maximum Gasteiger partial charge on any atom is 0.305 e. The lowest BCUT2D eigenvalue weighted by molar-refractivity contribution is 0.0830. The highest BCUT2D eigenvalue weighted by Crippen LogP contribution is 2.22. The zero-order chi connectivity index (χ0) is 17.3. The van der Waals surface area contributed by atoms with Gasteiger partial charge in [-0.1, -0.05) is 23.2 Å². The van der Waals surface area contributed by atoms with Gasteiger partial charge in [0.2, 0.25) is 0 Å². The van der Waals surface area contributed by atoms with Gasteiger partial charge in [-0.3, -0.25) is 20.4 Å². The van der Waals surface area contributed by atoms with Crippen LogP contribution in [0.15, 0.2) is 46.9 Å². The van der Waals surface area contributed by atoms with Gasteiger partial charge < -0.3 is 9.52 Å². The monoisotopic (exact) mass is 344 g/mol. The molecule has 0 aliphatic rings. The van der Waals surface area contributed by atoms with E-state index in [0.717, 1.165) is 10.9 Å². The third kappa shape index (κ3) is 3.18. The van der Waals surface area contributed by atoms with Crippen LogP contribution in [0, 0.1) is 6.92 Å². The average molecular weight is 345 g/mol. The molecule has 0 saturated heterocycles. The lowest BCUT2D eigenvalue weighted by Crippen LogP contribution is -2.41. The molecule has 3 rings (SSSR count). The van der Waals surface area contributed by atoms with Crippen LogP contribution in [-0.4, -0.2) is 16.9 Å². The number of hydrogen-bond donors (Lipinski definition) is 3. The standard InChI is InChI=1S/C17H13ClN2O4/c1-9-2-5-14-10(6-9)7-15(24-14)17(23)20-19-16(22)12-8-11(18)3-4-13(12)21/h2-8,21H,1H3,(H,19,22)(H,20,23). The summed E-state index contributed by atoms with van der Waals surface area (Å²) in [6, 6.07) is 11.1. The van der Waals surface area contributed by atoms with E-state index < -0.39 is 11.8 Å². The Morgan fingerprint density at radius 1 is 1.04 bits per heavy atom. The second-order valence-corrected chi connectivity index (χ2v) is 5.66. The molecule has 122 valence electrons. The van der Waals surface area contributed by atoms with Gasteiger partial charge in [0.05, 0.1) is 5.56 Å². The number of aryl methyl sites for hydroxylation is 1. The van der Waals surface area contributed by atoms with Crippen molar-refractivity contribution in [2.75, 3.05) is 0 Å². The van der Waals surface area contributed by atoms with Gasteiger partial charge in [0.15, 0.2) is 5.76 Å². The quantitative estimate of drug-likeness (QED) is 0.623. The third-order valence-corrected chi connectivity index (χ3v) is 3.62. The van der Waals surface area contributed by atoms with Crippen molar-refractivity contribution in [1.29, 1.82) is 0 Å². The first-order valence-electron chi connectivity index (χ1n) is 7.03. The van der Waals surface area contributed by atoms with E-state index in [1.807, 2.05) is 19.1 Å². The Morgan fingerprint density at radius 3 is 2.58 bits per heavy atom. The minimum atomic E-state index is -0.699. The summed E-state index contributed by atoms with van der Waals surface area (Å²) in [5.74, 6) is -1.49. The summed E-state index contributed by atoms with van der Waals surface area (Å²) in [5, 5.41) is 10.7. The molecule has 6 nitrogen and oxygen atoms in total. The first-order chi connectivity index (χ1) is 11.4. The number of nitrogens with one attached hydrogen (secondary N) is 2. The molecule has 0 unspecified atom stereocenters. The van der Waals surface area contributed by atoms with Crippen molar-refractivity contribution in [2.45, 2.75) is 6.92 Å². The lowest BCUT2D eigenvalue weighted by atomic mass is 10.2. The fraction of sp³-hybridized carbons (Fsp3) is 0.0588. The molecule has 1 aromatic heterocycles. The average Bonchev–Trinajstić information content (AvgIpc) is 2.97. The van der Waals surface area contributed by atoms with Crippen molar-refractivity contribution in [3.05, 3.63) is 64.4 Å². The number of rotatable bonds is 2. The molecule has 2 aromatic carbocycles. The number of amides is 2. The summed E-state index contributed by atoms with van der Waals surface area (Å²) in [4.78, 5) is 24.1. The second-order valence-electron chi connectivity index (χ2n) is 5.22. The van der Waals surface area contributed by atoms with Gasteiger partial charge in [-0.05, 0) is 43.3 Å². The van der Waals surface area contributed by atoms with Crippen LogP contribution in [0.4, 0.5) is 0 Å². The Labute approximate surface area is 142 Å². The number of phenolic OH excluding ortho intramolecular Hbond substituents is 1. The Balaban J connectivity index is 1.72. The maximum absolute atomic E-state index is 12.1. The molecule has 0 aliphatic heterocycles. The Kier molecular flexibility index (Phi) is 4.14. The maximum atomic E-state index is 12.1. The number of hydrogen-bond acceptors (Lipinski definition) is 4. The summed E-state index contributed by atoms with van der Waals surface area (Å²) < 4.78 is 5.43. The number of hydrazine groups is 1. The van der Waals surface area contributed by atoms with Gasteiger partial charge in [0.25, 0.3) is 5.91 Å². The van der Waals surface area contributed by atoms with Crippen LogP contribution in [0.5, 0.6) is 5.75 Å². The molecular formula is C17H13ClN2O4. The Bertz CT molecular complexity index is 949. The van der Waals surface area contributed by atoms with E-state index in [2.05, 4.69) is 10.9 Å². The highest BCUT2D eigenvalue weighted by Gasteiger charge is 2.16. The first kappa shape index (κ1) is 15.9. The van der Waals surface area contributed by atoms with Crippen molar-refractivity contribution in [1.82, 2.24) is 10.9 Å². The van der Waals surface area contributed by atoms with Gasteiger partial charge in [0, 0.05) is 10.4 Å². The summed E-state index contributed by atoms with van der Waals surface area (Å²) in [6.45, 7) is 1.93. The smallest absolute Gasteiger partial charge is 0.305 e. The highest BCUT2D eigenvalue weighted by atomic mass is 35.5. The molecule has 0 spiro atoms. The zero-order valence-corrected chi connectivity index (χ0v) is 13.3. The van der Waals surface area contributed by atoms with E-state index in [1.54, 1.807) is 12.1 Å². The summed E-state index contributed by atoms with van der Waals surface area (Å²) >= 11 is 5.78. The van der Waals surface area contributed by atoms with Gasteiger partial charge in [0.1, 0.15) is 11.3 Å². The minimum Gasteiger partial charge on any atom is -0.507 e. The van der Waals surface area contributed by atoms with Crippen LogP contribution < -0.4 is 10.9 Å². The molecule has 0 saturated carbocycles. The first-order valence-corrected chi connectivity index (χ1v) is 7.41. The number of fused-ring (bicyclic) bond motifs is 1. The number of carbonyl (C=O) groups is 2. The summed E-state index contributed by atoms with van der Waals surface area (Å²) in [7, 11) is 0. The number of benzene rings is 2. The van der Waals surface area contributed by atoms with Crippen molar-refractivity contribution in [2.24, 2.45) is 0 Å². The molecule has 24 heavy (non-hydrogen) atoms. The van der Waals surface area contributed by atoms with Crippen LogP contribution in [0.2, 0.25) is 5.02 Å². The molecule has 0 bridgehead atoms. The number of furan rings is 1. The molecule has 7 heteroatoms. The SMILES string of the molecule is Cc1ccc2oc(C(=O)NNC(=O)c3cc(Cl)ccc3O)cc2c1. The molecule has 3 aromatic rings. The Morgan fingerprint density at radius 2 is 1.79 bits per heavy atom. The largest absolute Gasteiger partial charge is 0.507 e. The fourth-order valence-electron chi connectivity index (χ4n) is 2.21. The number of halogens is 1. The van der Waals surface area contributed by atoms with E-state index in [9.17, 15) is 14.7 Å². The van der Waals surface area contributed by atoms with E-state index in [0.29, 0.717) is 5.58 Å². The zero-order valence-electron chi connectivity index (χ0n) is 12.6. The lowest BCUT2D eigenvalue weighted by Gasteiger charge is -2.07. The second kappa shape index (κ2) is 6.25. The molecule has 3 N–H and O–H groups in total. The van der Waals surface area contributed by atoms with E-state index in [-0.39, 0.29) is 22.1 Å². The molecule has 2 amide bonds. The molecule has 0 aliphatic carbocycles. The van der Waals surface area contributed by atoms with Gasteiger partial charge >= 0.3 is 5.91 Å². The number of aromatic hydroxyl groups is 1. The fourth-order valence-corrected chi connectivity index (χ4v) is 2.38. The molecule has 1 heterocycles. The topological polar surface area (TPSA) is 91.6 Å². The molecular weight excluding hydrogens is 332 g/mol. The van der Waals surface area contributed by atoms with Gasteiger partial charge in [-0.15, -0.1) is 0 Å². The van der Waals surface area contributed by atoms with Crippen LogP contribution >= 0.6 is 11.6 Å². The summed E-state index contributed by atoms with van der Waals surface area (Å²) in [5.41, 5.74) is 6.00. The van der Waals surface area contributed by atoms with Gasteiger partial charge in [-0.2, -0.15) is 0 Å². The predicted octanol–water partition coefficient (Wildman–Crippen LogP) is 3.18. The van der Waals surface area contributed by atoms with E-state index >= 15 is 0 Å². The van der Waals surface area contributed by atoms with Crippen LogP contribution in [0.25, 0.3) is 11.0 Å². The predicted molar refractivity (Wildman–Crippen MR) is 89.0 cm³/mol. The van der Waals surface area contributed by atoms with E-state index in [4.69, 9.17) is 16.0 Å². The van der Waals surface area contributed by atoms with E-state index in [1.165, 1.54) is 18.2 Å². The van der Waals surface area contributed by atoms with Crippen molar-refractivity contribution < 1.29 is 19.1 Å². The van der Waals surface area contributed by atoms with Crippen molar-refractivity contribution >= 4 is 34.4 Å². The van der Waals surface area contributed by atoms with Crippen LogP contribution in [-0.2, 0) is 0 Å². The number of carbonyl (C=O) groups excluding carboxylic acids is 2. The van der Waals surface area contributed by atoms with Crippen LogP contribution in [0.3, 0.4) is 0 Å². The van der Waals surface area contributed by atoms with Gasteiger partial charge in [-0.25, -0.2) is 0 Å². The normalized spacial score (nSPS) is 10.6. The number of phenols is 1.